The molecule has 0 bridgehead atoms. The van der Waals surface area contributed by atoms with Gasteiger partial charge in [-0.2, -0.15) is 10.5 Å². The van der Waals surface area contributed by atoms with E-state index in [1.165, 1.54) is 0 Å². The van der Waals surface area contributed by atoms with E-state index < -0.39 is 0 Å². The lowest BCUT2D eigenvalue weighted by Crippen LogP contribution is -1.85. The zero-order chi connectivity index (χ0) is 62.3. The van der Waals surface area contributed by atoms with Gasteiger partial charge in [-0.3, -0.25) is 0 Å². The second-order valence-corrected chi connectivity index (χ2v) is 21.3. The summed E-state index contributed by atoms with van der Waals surface area (Å²) >= 11 is 0. The van der Waals surface area contributed by atoms with Crippen molar-refractivity contribution in [1.29, 1.82) is 10.5 Å². The summed E-state index contributed by atoms with van der Waals surface area (Å²) in [6.07, 6.45) is 38.5. The molecule has 0 radical (unpaired) electrons. The Kier molecular flexibility index (Phi) is 21.0. The number of hydrogen-bond donors (Lipinski definition) is 0. The highest BCUT2D eigenvalue weighted by molar-refractivity contribution is 5.85. The van der Waals surface area contributed by atoms with Crippen molar-refractivity contribution in [2.75, 3.05) is 28.4 Å². The predicted octanol–water partition coefficient (Wildman–Crippen LogP) is 21.0. The number of nitriles is 2. The van der Waals surface area contributed by atoms with Gasteiger partial charge in [-0.25, -0.2) is 0 Å². The number of rotatable bonds is 22. The van der Waals surface area contributed by atoms with Crippen LogP contribution in [0.3, 0.4) is 0 Å². The molecule has 0 aromatic heterocycles. The Morgan fingerprint density at radius 1 is 0.189 bits per heavy atom. The Balaban J connectivity index is 1.04. The average Bonchev–Trinajstić information content (AvgIpc) is 3.76. The van der Waals surface area contributed by atoms with Crippen LogP contribution in [0.4, 0.5) is 0 Å². The third-order valence-electron chi connectivity index (χ3n) is 14.8. The fourth-order valence-electron chi connectivity index (χ4n) is 9.89. The molecule has 0 unspecified atom stereocenters. The number of hydrogen-bond acceptors (Lipinski definition) is 6. The van der Waals surface area contributed by atoms with Gasteiger partial charge in [0.05, 0.1) is 51.7 Å². The minimum absolute atomic E-state index is 0.617. The standard InChI is InChI=1S/C84H66N2O4/c1-87-81-39-31-63(32-40-81)11-21-71-48-72(22-12-64-33-41-82(88-2)42-34-64)53-76(52-71)26-29-79-56-78(28-25-75-50-69(19-9-61-5-15-67(59-85)16-6-61)47-70(51-75)20-10-62-7-17-68(60-86)18-8-62)57-80(58-79)30-27-77-54-73(23-13-65-35-43-83(89-3)44-36-65)49-74(55-77)24-14-66-37-45-84(90-4)46-38-66/h5-58H,1-4H3/b19-9+,20-10+,21-11+,22-12+,23-13+,24-14+,28-25+,29-26+,30-27+. The van der Waals surface area contributed by atoms with E-state index in [2.05, 4.69) is 243 Å². The van der Waals surface area contributed by atoms with Gasteiger partial charge in [-0.15, -0.1) is 0 Å². The van der Waals surface area contributed by atoms with Crippen LogP contribution >= 0.6 is 0 Å². The second-order valence-electron chi connectivity index (χ2n) is 21.3. The minimum atomic E-state index is 0.617. The van der Waals surface area contributed by atoms with Gasteiger partial charge in [0.2, 0.25) is 0 Å². The largest absolute Gasteiger partial charge is 0.497 e. The smallest absolute Gasteiger partial charge is 0.118 e. The summed E-state index contributed by atoms with van der Waals surface area (Å²) in [5, 5.41) is 18.8. The first-order chi connectivity index (χ1) is 44.1. The van der Waals surface area contributed by atoms with Crippen molar-refractivity contribution in [3.63, 3.8) is 0 Å². The number of ether oxygens (including phenoxy) is 4. The highest BCUT2D eigenvalue weighted by atomic mass is 16.5. The molecule has 0 N–H and O–H groups in total. The van der Waals surface area contributed by atoms with Crippen LogP contribution in [0.25, 0.3) is 109 Å². The van der Waals surface area contributed by atoms with Crippen LogP contribution < -0.4 is 18.9 Å². The Morgan fingerprint density at radius 3 is 0.433 bits per heavy atom. The number of methoxy groups -OCH3 is 4. The zero-order valence-electron chi connectivity index (χ0n) is 50.7. The summed E-state index contributed by atoms with van der Waals surface area (Å²) in [4.78, 5) is 0. The van der Waals surface area contributed by atoms with E-state index in [9.17, 15) is 10.5 Å². The molecule has 10 rings (SSSR count). The second kappa shape index (κ2) is 30.9. The third kappa shape index (κ3) is 18.3. The van der Waals surface area contributed by atoms with Gasteiger partial charge in [-0.05, 0) is 246 Å². The minimum Gasteiger partial charge on any atom is -0.497 e. The third-order valence-corrected chi connectivity index (χ3v) is 14.8. The van der Waals surface area contributed by atoms with Gasteiger partial charge in [0, 0.05) is 0 Å². The molecule has 0 saturated carbocycles. The molecule has 0 heterocycles. The molecule has 0 saturated heterocycles. The number of nitrogens with zero attached hydrogens (tertiary/aromatic N) is 2. The van der Waals surface area contributed by atoms with Crippen LogP contribution in [-0.4, -0.2) is 28.4 Å². The van der Waals surface area contributed by atoms with E-state index in [1.54, 1.807) is 28.4 Å². The summed E-state index contributed by atoms with van der Waals surface area (Å²) in [7, 11) is 6.71. The molecule has 6 nitrogen and oxygen atoms in total. The van der Waals surface area contributed by atoms with Gasteiger partial charge in [0.1, 0.15) is 23.0 Å². The van der Waals surface area contributed by atoms with Crippen LogP contribution in [0.5, 0.6) is 23.0 Å². The van der Waals surface area contributed by atoms with Crippen LogP contribution in [0.1, 0.15) is 111 Å². The summed E-state index contributed by atoms with van der Waals surface area (Å²) < 4.78 is 21.7. The molecule has 0 amide bonds. The number of benzene rings is 10. The topological polar surface area (TPSA) is 84.5 Å². The lowest BCUT2D eigenvalue weighted by molar-refractivity contribution is 0.414. The van der Waals surface area contributed by atoms with Gasteiger partial charge in [0.15, 0.2) is 0 Å². The zero-order valence-corrected chi connectivity index (χ0v) is 50.7. The quantitative estimate of drug-likeness (QED) is 0.0629. The van der Waals surface area contributed by atoms with Crippen molar-refractivity contribution >= 4 is 109 Å². The van der Waals surface area contributed by atoms with Crippen molar-refractivity contribution in [1.82, 2.24) is 0 Å². The molecule has 0 aliphatic heterocycles. The van der Waals surface area contributed by atoms with Crippen LogP contribution in [0, 0.1) is 22.7 Å². The van der Waals surface area contributed by atoms with Crippen molar-refractivity contribution in [2.45, 2.75) is 0 Å². The molecular weight excluding hydrogens is 1100 g/mol. The Hall–Kier alpha value is -12.0. The maximum Gasteiger partial charge on any atom is 0.118 e. The van der Waals surface area contributed by atoms with E-state index >= 15 is 0 Å². The fourth-order valence-corrected chi connectivity index (χ4v) is 9.89. The molecule has 0 fully saturated rings. The van der Waals surface area contributed by atoms with E-state index in [0.717, 1.165) is 123 Å². The van der Waals surface area contributed by atoms with Crippen molar-refractivity contribution in [3.05, 3.63) is 330 Å². The van der Waals surface area contributed by atoms with Gasteiger partial charge in [0.25, 0.3) is 0 Å². The van der Waals surface area contributed by atoms with E-state index in [1.807, 2.05) is 97.1 Å². The fraction of sp³-hybridized carbons (Fsp3) is 0.0476. The molecule has 0 aliphatic rings. The first kappa shape index (κ1) is 61.1. The van der Waals surface area contributed by atoms with E-state index in [4.69, 9.17) is 18.9 Å². The Labute approximate surface area is 529 Å². The molecule has 0 aliphatic carbocycles. The Morgan fingerprint density at radius 2 is 0.311 bits per heavy atom. The maximum atomic E-state index is 9.42. The predicted molar refractivity (Wildman–Crippen MR) is 380 cm³/mol. The molecular formula is C84H66N2O4. The van der Waals surface area contributed by atoms with Crippen molar-refractivity contribution < 1.29 is 18.9 Å². The monoisotopic (exact) mass is 1170 g/mol. The summed E-state index contributed by atoms with van der Waals surface area (Å²) in [6, 6.07) is 78.1. The van der Waals surface area contributed by atoms with Gasteiger partial charge >= 0.3 is 0 Å². The molecule has 10 aromatic rings. The lowest BCUT2D eigenvalue weighted by Gasteiger charge is -2.06. The van der Waals surface area contributed by atoms with E-state index in [0.29, 0.717) is 11.1 Å². The van der Waals surface area contributed by atoms with Crippen LogP contribution in [0.2, 0.25) is 0 Å². The first-order valence-electron chi connectivity index (χ1n) is 29.4. The summed E-state index contributed by atoms with van der Waals surface area (Å²) in [5.41, 5.74) is 19.9. The molecule has 90 heavy (non-hydrogen) atoms. The highest BCUT2D eigenvalue weighted by Gasteiger charge is 2.05. The first-order valence-corrected chi connectivity index (χ1v) is 29.4. The van der Waals surface area contributed by atoms with E-state index in [-0.39, 0.29) is 0 Å². The van der Waals surface area contributed by atoms with Gasteiger partial charge < -0.3 is 18.9 Å². The van der Waals surface area contributed by atoms with Crippen LogP contribution in [0.15, 0.2) is 218 Å². The maximum absolute atomic E-state index is 9.42. The normalized spacial score (nSPS) is 11.8. The lowest BCUT2D eigenvalue weighted by atomic mass is 9.99. The van der Waals surface area contributed by atoms with Gasteiger partial charge in [-0.1, -0.05) is 182 Å². The van der Waals surface area contributed by atoms with Crippen LogP contribution in [-0.2, 0) is 0 Å². The summed E-state index contributed by atoms with van der Waals surface area (Å²) in [6.45, 7) is 0. The molecule has 10 aromatic carbocycles. The highest BCUT2D eigenvalue weighted by Crippen LogP contribution is 2.27. The molecule has 0 spiro atoms. The van der Waals surface area contributed by atoms with Crippen molar-refractivity contribution in [3.8, 4) is 35.1 Å². The molecule has 436 valence electrons. The summed E-state index contributed by atoms with van der Waals surface area (Å²) in [5.74, 6) is 3.25. The SMILES string of the molecule is COc1ccc(/C=C/c2cc(/C=C/c3ccc(OC)cc3)cc(/C=C/c3cc(/C=C/c4cc(/C=C/c5ccc(C#N)cc5)cc(/C=C/c5ccc(C#N)cc5)c4)cc(/C=C/c4cc(/C=C/c5ccc(OC)cc5)cc(/C=C/c5ccc(OC)cc5)c4)c3)c2)cc1. The van der Waals surface area contributed by atoms with Crippen molar-refractivity contribution in [2.24, 2.45) is 0 Å². The molecule has 6 heteroatoms. The average molecular weight is 1170 g/mol. The Bertz CT molecular complexity index is 4040. The molecule has 0 atom stereocenters.